The minimum atomic E-state index is 0.972. The standard InChI is InChI=1S/C8H9NS/c1-4-7-8(9-3)6(2)5-10-7/h4-5H,1,3H2,2H3. The van der Waals surface area contributed by atoms with Crippen LogP contribution in [0.5, 0.6) is 0 Å². The van der Waals surface area contributed by atoms with Gasteiger partial charge in [-0.3, -0.25) is 4.99 Å². The lowest BCUT2D eigenvalue weighted by Crippen LogP contribution is -1.64. The van der Waals surface area contributed by atoms with E-state index in [-0.39, 0.29) is 0 Å². The van der Waals surface area contributed by atoms with Gasteiger partial charge in [-0.25, -0.2) is 0 Å². The third-order valence-corrected chi connectivity index (χ3v) is 2.40. The summed E-state index contributed by atoms with van der Waals surface area (Å²) in [5.41, 5.74) is 2.15. The van der Waals surface area contributed by atoms with Gasteiger partial charge in [0.25, 0.3) is 0 Å². The molecule has 0 spiro atoms. The van der Waals surface area contributed by atoms with Gasteiger partial charge in [0.05, 0.1) is 10.6 Å². The largest absolute Gasteiger partial charge is 0.263 e. The quantitative estimate of drug-likeness (QED) is 0.576. The Morgan fingerprint density at radius 3 is 2.80 bits per heavy atom. The van der Waals surface area contributed by atoms with Gasteiger partial charge < -0.3 is 0 Å². The molecule has 1 aromatic rings. The summed E-state index contributed by atoms with van der Waals surface area (Å²) < 4.78 is 0. The number of nitrogens with zero attached hydrogens (tertiary/aromatic N) is 1. The van der Waals surface area contributed by atoms with Crippen molar-refractivity contribution >= 4 is 29.8 Å². The summed E-state index contributed by atoms with van der Waals surface area (Å²) in [5, 5.41) is 2.06. The number of aliphatic imine (C=N–C) groups is 1. The number of aryl methyl sites for hydroxylation is 1. The van der Waals surface area contributed by atoms with Gasteiger partial charge in [0, 0.05) is 0 Å². The molecule has 1 aromatic heterocycles. The molecule has 0 fully saturated rings. The Balaban J connectivity index is 3.25. The molecule has 1 rings (SSSR count). The molecule has 0 saturated carbocycles. The third kappa shape index (κ3) is 1.02. The van der Waals surface area contributed by atoms with E-state index in [0.29, 0.717) is 0 Å². The van der Waals surface area contributed by atoms with E-state index in [1.165, 1.54) is 5.56 Å². The molecule has 1 nitrogen and oxygen atoms in total. The summed E-state index contributed by atoms with van der Waals surface area (Å²) in [6.07, 6.45) is 1.81. The van der Waals surface area contributed by atoms with Crippen LogP contribution in [0.2, 0.25) is 0 Å². The first kappa shape index (κ1) is 7.22. The lowest BCUT2D eigenvalue weighted by Gasteiger charge is -1.89. The normalized spacial score (nSPS) is 9.30. The van der Waals surface area contributed by atoms with Gasteiger partial charge in [-0.05, 0) is 30.7 Å². The maximum Gasteiger partial charge on any atom is 0.0831 e. The molecule has 10 heavy (non-hydrogen) atoms. The number of rotatable bonds is 2. The molecule has 0 aliphatic heterocycles. The number of hydrogen-bond donors (Lipinski definition) is 0. The molecular weight excluding hydrogens is 142 g/mol. The van der Waals surface area contributed by atoms with Crippen molar-refractivity contribution in [2.45, 2.75) is 6.92 Å². The van der Waals surface area contributed by atoms with Crippen LogP contribution >= 0.6 is 11.3 Å². The van der Waals surface area contributed by atoms with Crippen LogP contribution in [0.25, 0.3) is 6.08 Å². The monoisotopic (exact) mass is 151 g/mol. The van der Waals surface area contributed by atoms with Crippen molar-refractivity contribution in [2.75, 3.05) is 0 Å². The summed E-state index contributed by atoms with van der Waals surface area (Å²) >= 11 is 1.65. The van der Waals surface area contributed by atoms with Crippen molar-refractivity contribution in [2.24, 2.45) is 4.99 Å². The minimum Gasteiger partial charge on any atom is -0.263 e. The summed E-state index contributed by atoms with van der Waals surface area (Å²) in [4.78, 5) is 4.99. The van der Waals surface area contributed by atoms with E-state index < -0.39 is 0 Å². The van der Waals surface area contributed by atoms with Crippen molar-refractivity contribution < 1.29 is 0 Å². The highest BCUT2D eigenvalue weighted by atomic mass is 32.1. The van der Waals surface area contributed by atoms with E-state index in [2.05, 4.69) is 23.7 Å². The van der Waals surface area contributed by atoms with E-state index in [9.17, 15) is 0 Å². The van der Waals surface area contributed by atoms with E-state index in [1.807, 2.05) is 13.0 Å². The second-order valence-electron chi connectivity index (χ2n) is 1.99. The van der Waals surface area contributed by atoms with Crippen molar-refractivity contribution in [1.29, 1.82) is 0 Å². The van der Waals surface area contributed by atoms with Crippen LogP contribution in [-0.2, 0) is 0 Å². The van der Waals surface area contributed by atoms with Gasteiger partial charge in [-0.2, -0.15) is 0 Å². The van der Waals surface area contributed by atoms with Gasteiger partial charge in [0.1, 0.15) is 0 Å². The van der Waals surface area contributed by atoms with Crippen LogP contribution < -0.4 is 0 Å². The van der Waals surface area contributed by atoms with Crippen LogP contribution in [0, 0.1) is 6.92 Å². The molecule has 0 aliphatic carbocycles. The average Bonchev–Trinajstić information content (AvgIpc) is 2.30. The van der Waals surface area contributed by atoms with Crippen LogP contribution in [0.15, 0.2) is 17.0 Å². The highest BCUT2D eigenvalue weighted by molar-refractivity contribution is 7.11. The zero-order chi connectivity index (χ0) is 7.56. The zero-order valence-electron chi connectivity index (χ0n) is 5.92. The molecule has 2 heteroatoms. The molecule has 52 valence electrons. The first-order valence-corrected chi connectivity index (χ1v) is 3.84. The Hall–Kier alpha value is -0.890. The summed E-state index contributed by atoms with van der Waals surface area (Å²) in [7, 11) is 0. The van der Waals surface area contributed by atoms with Crippen molar-refractivity contribution in [3.8, 4) is 0 Å². The van der Waals surface area contributed by atoms with E-state index in [4.69, 9.17) is 0 Å². The van der Waals surface area contributed by atoms with Crippen LogP contribution in [0.4, 0.5) is 5.69 Å². The van der Waals surface area contributed by atoms with Crippen molar-refractivity contribution in [1.82, 2.24) is 0 Å². The summed E-state index contributed by atoms with van der Waals surface area (Å²) in [6.45, 7) is 9.18. The second kappa shape index (κ2) is 2.80. The predicted molar refractivity (Wildman–Crippen MR) is 48.4 cm³/mol. The van der Waals surface area contributed by atoms with Gasteiger partial charge in [-0.15, -0.1) is 11.3 Å². The van der Waals surface area contributed by atoms with E-state index in [1.54, 1.807) is 11.3 Å². The maximum absolute atomic E-state index is 3.89. The molecule has 0 aromatic carbocycles. The second-order valence-corrected chi connectivity index (χ2v) is 2.91. The molecule has 0 radical (unpaired) electrons. The molecule has 0 N–H and O–H groups in total. The molecule has 0 unspecified atom stereocenters. The number of hydrogen-bond acceptors (Lipinski definition) is 2. The lowest BCUT2D eigenvalue weighted by atomic mass is 10.3. The fraction of sp³-hybridized carbons (Fsp3) is 0.125. The molecular formula is C8H9NS. The molecule has 0 bridgehead atoms. The maximum atomic E-state index is 3.89. The number of thiophene rings is 1. The Morgan fingerprint density at radius 1 is 1.70 bits per heavy atom. The van der Waals surface area contributed by atoms with Gasteiger partial charge in [-0.1, -0.05) is 6.58 Å². The van der Waals surface area contributed by atoms with E-state index >= 15 is 0 Å². The van der Waals surface area contributed by atoms with Gasteiger partial charge in [0.2, 0.25) is 0 Å². The summed E-state index contributed by atoms with van der Waals surface area (Å²) in [6, 6.07) is 0. The van der Waals surface area contributed by atoms with Crippen LogP contribution in [0.3, 0.4) is 0 Å². The Morgan fingerprint density at radius 2 is 2.40 bits per heavy atom. The molecule has 0 aliphatic rings. The Bertz CT molecular complexity index is 260. The average molecular weight is 151 g/mol. The fourth-order valence-corrected chi connectivity index (χ4v) is 1.65. The molecule has 0 amide bonds. The zero-order valence-corrected chi connectivity index (χ0v) is 6.74. The highest BCUT2D eigenvalue weighted by Gasteiger charge is 2.01. The smallest absolute Gasteiger partial charge is 0.0831 e. The van der Waals surface area contributed by atoms with Crippen molar-refractivity contribution in [3.05, 3.63) is 22.4 Å². The van der Waals surface area contributed by atoms with Crippen molar-refractivity contribution in [3.63, 3.8) is 0 Å². The molecule has 0 atom stereocenters. The van der Waals surface area contributed by atoms with Crippen LogP contribution in [-0.4, -0.2) is 6.72 Å². The SMILES string of the molecule is C=Cc1scc(C)c1N=C. The highest BCUT2D eigenvalue weighted by Crippen LogP contribution is 2.30. The summed E-state index contributed by atoms with van der Waals surface area (Å²) in [5.74, 6) is 0. The minimum absolute atomic E-state index is 0.972. The van der Waals surface area contributed by atoms with Gasteiger partial charge >= 0.3 is 0 Å². The lowest BCUT2D eigenvalue weighted by molar-refractivity contribution is 1.47. The fourth-order valence-electron chi connectivity index (χ4n) is 0.805. The Labute approximate surface area is 64.7 Å². The predicted octanol–water partition coefficient (Wildman–Crippen LogP) is 3.03. The topological polar surface area (TPSA) is 12.4 Å². The Kier molecular flexibility index (Phi) is 2.02. The third-order valence-electron chi connectivity index (χ3n) is 1.31. The van der Waals surface area contributed by atoms with Gasteiger partial charge in [0.15, 0.2) is 0 Å². The molecule has 1 heterocycles. The van der Waals surface area contributed by atoms with E-state index in [0.717, 1.165) is 10.6 Å². The van der Waals surface area contributed by atoms with Crippen LogP contribution in [0.1, 0.15) is 10.4 Å². The first-order valence-electron chi connectivity index (χ1n) is 2.97. The molecule has 0 saturated heterocycles. The first-order chi connectivity index (χ1) is 4.79.